The number of hydrogen-bond acceptors (Lipinski definition) is 3. The van der Waals surface area contributed by atoms with Gasteiger partial charge in [-0.05, 0) is 81.1 Å². The van der Waals surface area contributed by atoms with Gasteiger partial charge >= 0.3 is 5.97 Å². The monoisotopic (exact) mass is 475 g/mol. The number of benzene rings is 2. The van der Waals surface area contributed by atoms with Crippen molar-refractivity contribution in [1.29, 1.82) is 0 Å². The first-order valence-corrected chi connectivity index (χ1v) is 13.5. The highest BCUT2D eigenvalue weighted by Crippen LogP contribution is 2.37. The second kappa shape index (κ2) is 13.6. The van der Waals surface area contributed by atoms with Gasteiger partial charge in [0.25, 0.3) is 0 Å². The van der Waals surface area contributed by atoms with Crippen molar-refractivity contribution in [1.82, 2.24) is 4.90 Å². The number of rotatable bonds is 12. The summed E-state index contributed by atoms with van der Waals surface area (Å²) in [6, 6.07) is 20.1. The molecule has 1 heterocycles. The van der Waals surface area contributed by atoms with Gasteiger partial charge in [-0.1, -0.05) is 73.2 Å². The summed E-state index contributed by atoms with van der Waals surface area (Å²) in [5, 5.41) is 8.83. The van der Waals surface area contributed by atoms with Crippen molar-refractivity contribution in [3.05, 3.63) is 83.4 Å². The van der Waals surface area contributed by atoms with E-state index in [9.17, 15) is 4.79 Å². The predicted molar refractivity (Wildman–Crippen MR) is 141 cm³/mol. The quantitative estimate of drug-likeness (QED) is 0.350. The average molecular weight is 476 g/mol. The summed E-state index contributed by atoms with van der Waals surface area (Å²) in [4.78, 5) is 13.5. The van der Waals surface area contributed by atoms with Crippen molar-refractivity contribution in [2.24, 2.45) is 5.92 Å². The fourth-order valence-corrected chi connectivity index (χ4v) is 5.82. The van der Waals surface area contributed by atoms with Crippen molar-refractivity contribution in [3.8, 4) is 0 Å². The molecule has 1 saturated heterocycles. The minimum absolute atomic E-state index is 0.214. The molecule has 2 aliphatic rings. The molecule has 4 heteroatoms. The molecule has 35 heavy (non-hydrogen) atoms. The minimum Gasteiger partial charge on any atom is -0.481 e. The first kappa shape index (κ1) is 25.7. The maximum atomic E-state index is 10.7. The summed E-state index contributed by atoms with van der Waals surface area (Å²) in [7, 11) is 0. The summed E-state index contributed by atoms with van der Waals surface area (Å²) in [5.74, 6) is -0.174. The molecule has 0 bridgehead atoms. The third-order valence-electron chi connectivity index (χ3n) is 7.67. The van der Waals surface area contributed by atoms with Gasteiger partial charge in [0, 0.05) is 18.4 Å². The highest BCUT2D eigenvalue weighted by molar-refractivity contribution is 5.66. The summed E-state index contributed by atoms with van der Waals surface area (Å²) in [5.41, 5.74) is 3.92. The van der Waals surface area contributed by atoms with Crippen LogP contribution in [0.4, 0.5) is 0 Å². The maximum Gasteiger partial charge on any atom is 0.303 e. The van der Waals surface area contributed by atoms with E-state index in [0.29, 0.717) is 31.1 Å². The number of carboxylic acids is 1. The van der Waals surface area contributed by atoms with Gasteiger partial charge in [0.2, 0.25) is 0 Å². The highest BCUT2D eigenvalue weighted by atomic mass is 16.5. The van der Waals surface area contributed by atoms with Gasteiger partial charge < -0.3 is 14.7 Å². The SMILES string of the molecule is O=C(O)CC/C=C\CC[C@H]1[C@@H](OCc2ccc(Cc3ccccc3)cc2)CC[C@@H]1N1CCCCC1. The van der Waals surface area contributed by atoms with E-state index in [4.69, 9.17) is 9.84 Å². The first-order valence-electron chi connectivity index (χ1n) is 13.5. The molecule has 4 rings (SSSR count). The Hall–Kier alpha value is -2.43. The fourth-order valence-electron chi connectivity index (χ4n) is 5.82. The molecule has 188 valence electrons. The first-order chi connectivity index (χ1) is 17.2. The van der Waals surface area contributed by atoms with E-state index in [-0.39, 0.29) is 6.42 Å². The van der Waals surface area contributed by atoms with Gasteiger partial charge in [0.05, 0.1) is 12.7 Å². The lowest BCUT2D eigenvalue weighted by Crippen LogP contribution is -2.43. The third kappa shape index (κ3) is 8.05. The molecule has 1 saturated carbocycles. The molecular formula is C31H41NO3. The van der Waals surface area contributed by atoms with Crippen molar-refractivity contribution in [2.75, 3.05) is 13.1 Å². The molecular weight excluding hydrogens is 434 g/mol. The summed E-state index contributed by atoms with van der Waals surface area (Å²) >= 11 is 0. The van der Waals surface area contributed by atoms with E-state index in [1.54, 1.807) is 0 Å². The van der Waals surface area contributed by atoms with E-state index in [2.05, 4.69) is 65.6 Å². The zero-order chi connectivity index (χ0) is 24.3. The molecule has 0 radical (unpaired) electrons. The minimum atomic E-state index is -0.725. The molecule has 0 unspecified atom stereocenters. The zero-order valence-electron chi connectivity index (χ0n) is 21.0. The van der Waals surface area contributed by atoms with E-state index >= 15 is 0 Å². The number of carbonyl (C=O) groups is 1. The number of allylic oxidation sites excluding steroid dienone is 2. The lowest BCUT2D eigenvalue weighted by Gasteiger charge is -2.37. The Labute approximate surface area is 211 Å². The molecule has 0 aromatic heterocycles. The van der Waals surface area contributed by atoms with Crippen LogP contribution in [-0.4, -0.2) is 41.2 Å². The van der Waals surface area contributed by atoms with Crippen LogP contribution in [0.3, 0.4) is 0 Å². The van der Waals surface area contributed by atoms with E-state index < -0.39 is 5.97 Å². The van der Waals surface area contributed by atoms with Crippen LogP contribution in [0.1, 0.15) is 74.5 Å². The molecule has 0 amide bonds. The molecule has 4 nitrogen and oxygen atoms in total. The number of nitrogens with zero attached hydrogens (tertiary/aromatic N) is 1. The van der Waals surface area contributed by atoms with Crippen molar-refractivity contribution in [3.63, 3.8) is 0 Å². The van der Waals surface area contributed by atoms with Gasteiger partial charge in [0.15, 0.2) is 0 Å². The second-order valence-electron chi connectivity index (χ2n) is 10.2. The predicted octanol–water partition coefficient (Wildman–Crippen LogP) is 6.63. The molecule has 2 fully saturated rings. The third-order valence-corrected chi connectivity index (χ3v) is 7.67. The molecule has 2 aromatic carbocycles. The van der Waals surface area contributed by atoms with Crippen LogP contribution in [0.2, 0.25) is 0 Å². The van der Waals surface area contributed by atoms with Crippen LogP contribution in [0.25, 0.3) is 0 Å². The van der Waals surface area contributed by atoms with Crippen LogP contribution < -0.4 is 0 Å². The summed E-state index contributed by atoms with van der Waals surface area (Å²) in [6.07, 6.45) is 14.8. The highest BCUT2D eigenvalue weighted by Gasteiger charge is 2.39. The summed E-state index contributed by atoms with van der Waals surface area (Å²) in [6.45, 7) is 3.13. The van der Waals surface area contributed by atoms with Gasteiger partial charge in [0.1, 0.15) is 0 Å². The van der Waals surface area contributed by atoms with Gasteiger partial charge in [-0.3, -0.25) is 4.79 Å². The Bertz CT molecular complexity index is 918. The van der Waals surface area contributed by atoms with Gasteiger partial charge in [-0.15, -0.1) is 0 Å². The Morgan fingerprint density at radius 1 is 0.886 bits per heavy atom. The van der Waals surface area contributed by atoms with Crippen LogP contribution in [0.5, 0.6) is 0 Å². The van der Waals surface area contributed by atoms with Gasteiger partial charge in [-0.25, -0.2) is 0 Å². The van der Waals surface area contributed by atoms with Crippen molar-refractivity contribution < 1.29 is 14.6 Å². The van der Waals surface area contributed by atoms with Crippen LogP contribution in [0.15, 0.2) is 66.7 Å². The number of aliphatic carboxylic acids is 1. The van der Waals surface area contributed by atoms with Crippen LogP contribution in [0, 0.1) is 5.92 Å². The number of carboxylic acid groups (broad SMARTS) is 1. The number of hydrogen-bond donors (Lipinski definition) is 1. The molecule has 1 aliphatic heterocycles. The number of ether oxygens (including phenoxy) is 1. The Morgan fingerprint density at radius 2 is 1.57 bits per heavy atom. The van der Waals surface area contributed by atoms with E-state index in [1.807, 2.05) is 6.08 Å². The normalized spacial score (nSPS) is 23.1. The van der Waals surface area contributed by atoms with Crippen LogP contribution in [-0.2, 0) is 22.6 Å². The standard InChI is InChI=1S/C31H41NO3/c33-31(34)14-8-2-1-7-13-28-29(32-21-9-4-10-22-32)19-20-30(28)35-24-27-17-15-26(16-18-27)23-25-11-5-3-6-12-25/h1-3,5-6,11-12,15-18,28-30H,4,7-10,13-14,19-24H2,(H,33,34)/b2-1-/t28-,29+,30+/m1/s1. The number of likely N-dealkylation sites (tertiary alicyclic amines) is 1. The van der Waals surface area contributed by atoms with Crippen molar-refractivity contribution >= 4 is 5.97 Å². The lowest BCUT2D eigenvalue weighted by molar-refractivity contribution is -0.136. The van der Waals surface area contributed by atoms with Gasteiger partial charge in [-0.2, -0.15) is 0 Å². The molecule has 3 atom stereocenters. The smallest absolute Gasteiger partial charge is 0.303 e. The molecule has 1 aliphatic carbocycles. The fraction of sp³-hybridized carbons (Fsp3) is 0.516. The Morgan fingerprint density at radius 3 is 2.31 bits per heavy atom. The molecule has 2 aromatic rings. The van der Waals surface area contributed by atoms with E-state index in [1.165, 1.54) is 55.5 Å². The molecule has 0 spiro atoms. The Kier molecular flexibility index (Phi) is 9.97. The lowest BCUT2D eigenvalue weighted by atomic mass is 9.93. The van der Waals surface area contributed by atoms with Crippen LogP contribution >= 0.6 is 0 Å². The summed E-state index contributed by atoms with van der Waals surface area (Å²) < 4.78 is 6.56. The zero-order valence-corrected chi connectivity index (χ0v) is 21.0. The molecule has 1 N–H and O–H groups in total. The second-order valence-corrected chi connectivity index (χ2v) is 10.2. The largest absolute Gasteiger partial charge is 0.481 e. The number of piperidine rings is 1. The topological polar surface area (TPSA) is 49.8 Å². The maximum absolute atomic E-state index is 10.7. The van der Waals surface area contributed by atoms with Crippen molar-refractivity contribution in [2.45, 2.75) is 83.0 Å². The Balaban J connectivity index is 1.31. The van der Waals surface area contributed by atoms with E-state index in [0.717, 1.165) is 25.7 Å². The average Bonchev–Trinajstić information content (AvgIpc) is 3.29.